The van der Waals surface area contributed by atoms with Crippen molar-refractivity contribution >= 4 is 35.1 Å². The summed E-state index contributed by atoms with van der Waals surface area (Å²) in [6, 6.07) is 13.2. The van der Waals surface area contributed by atoms with E-state index in [9.17, 15) is 18.0 Å². The Morgan fingerprint density at radius 1 is 1.15 bits per heavy atom. The summed E-state index contributed by atoms with van der Waals surface area (Å²) in [6.07, 6.45) is -4.61. The van der Waals surface area contributed by atoms with Crippen LogP contribution in [-0.2, 0) is 11.0 Å². The number of benzene rings is 2. The Hall–Kier alpha value is -3.31. The third kappa shape index (κ3) is 5.20. The molecule has 33 heavy (non-hydrogen) atoms. The lowest BCUT2D eigenvalue weighted by Crippen LogP contribution is -2.15. The summed E-state index contributed by atoms with van der Waals surface area (Å²) >= 11 is 7.01. The molecule has 4 aromatic rings. The van der Waals surface area contributed by atoms with Gasteiger partial charge in [-0.25, -0.2) is 0 Å². The molecule has 0 aliphatic rings. The fourth-order valence-electron chi connectivity index (χ4n) is 3.04. The van der Waals surface area contributed by atoms with Gasteiger partial charge in [-0.05, 0) is 31.2 Å². The lowest BCUT2D eigenvalue weighted by molar-refractivity contribution is -0.137. The van der Waals surface area contributed by atoms with Gasteiger partial charge in [0.25, 0.3) is 0 Å². The Morgan fingerprint density at radius 3 is 2.64 bits per heavy atom. The second-order valence-corrected chi connectivity index (χ2v) is 8.21. The van der Waals surface area contributed by atoms with Crippen LogP contribution in [0.2, 0.25) is 5.02 Å². The maximum Gasteiger partial charge on any atom is 0.418 e. The molecule has 2 heterocycles. The van der Waals surface area contributed by atoms with Gasteiger partial charge in [0.05, 0.1) is 17.0 Å². The fraction of sp³-hybridized carbons (Fsp3) is 0.143. The maximum absolute atomic E-state index is 13.8. The van der Waals surface area contributed by atoms with Crippen molar-refractivity contribution in [3.8, 4) is 17.1 Å². The molecule has 4 rings (SSSR count). The molecule has 7 nitrogen and oxygen atoms in total. The van der Waals surface area contributed by atoms with Gasteiger partial charge in [0, 0.05) is 16.7 Å². The minimum atomic E-state index is -4.61. The molecule has 0 unspecified atom stereocenters. The van der Waals surface area contributed by atoms with Gasteiger partial charge in [0.1, 0.15) is 5.76 Å². The highest BCUT2D eigenvalue weighted by Gasteiger charge is 2.35. The molecule has 0 radical (unpaired) electrons. The maximum atomic E-state index is 13.8. The number of para-hydroxylation sites is 1. The number of rotatable bonds is 6. The normalized spacial score (nSPS) is 11.5. The Balaban J connectivity index is 1.72. The zero-order valence-corrected chi connectivity index (χ0v) is 18.5. The third-order valence-electron chi connectivity index (χ3n) is 4.39. The number of thioether (sulfide) groups is 1. The molecular formula is C21H15ClF3N5O2S. The number of nitrogens with zero attached hydrogens (tertiary/aromatic N) is 4. The van der Waals surface area contributed by atoms with Gasteiger partial charge in [-0.1, -0.05) is 52.8 Å². The zero-order chi connectivity index (χ0) is 23.6. The van der Waals surface area contributed by atoms with Crippen molar-refractivity contribution in [3.63, 3.8) is 0 Å². The molecule has 0 fully saturated rings. The topological polar surface area (TPSA) is 85.8 Å². The summed E-state index contributed by atoms with van der Waals surface area (Å²) in [7, 11) is 0. The second kappa shape index (κ2) is 9.28. The summed E-state index contributed by atoms with van der Waals surface area (Å²) in [6.45, 7) is 1.68. The number of aromatic nitrogens is 4. The molecule has 0 bridgehead atoms. The van der Waals surface area contributed by atoms with Gasteiger partial charge in [0.2, 0.25) is 5.91 Å². The first-order valence-corrected chi connectivity index (χ1v) is 10.8. The molecule has 0 aliphatic carbocycles. The summed E-state index contributed by atoms with van der Waals surface area (Å²) in [5, 5.41) is 14.9. The predicted molar refractivity (Wildman–Crippen MR) is 117 cm³/mol. The first-order valence-electron chi connectivity index (χ1n) is 9.46. The highest BCUT2D eigenvalue weighted by atomic mass is 35.5. The van der Waals surface area contributed by atoms with Crippen LogP contribution in [0, 0.1) is 6.92 Å². The summed E-state index contributed by atoms with van der Waals surface area (Å²) in [5.41, 5.74) is -0.557. The van der Waals surface area contributed by atoms with Gasteiger partial charge >= 0.3 is 6.18 Å². The summed E-state index contributed by atoms with van der Waals surface area (Å²) in [5.74, 6) is 0.336. The molecule has 0 aliphatic heterocycles. The quantitative estimate of drug-likeness (QED) is 0.350. The number of alkyl halides is 3. The molecule has 2 aromatic carbocycles. The number of halogens is 4. The van der Waals surface area contributed by atoms with E-state index in [4.69, 9.17) is 16.1 Å². The van der Waals surface area contributed by atoms with Crippen molar-refractivity contribution in [2.24, 2.45) is 0 Å². The van der Waals surface area contributed by atoms with E-state index in [1.165, 1.54) is 22.8 Å². The molecule has 2 aromatic heterocycles. The van der Waals surface area contributed by atoms with Crippen molar-refractivity contribution in [1.29, 1.82) is 0 Å². The molecule has 12 heteroatoms. The lowest BCUT2D eigenvalue weighted by Gasteiger charge is -2.16. The smallest absolute Gasteiger partial charge is 0.360 e. The number of carbonyl (C=O) groups is 1. The second-order valence-electron chi connectivity index (χ2n) is 6.83. The van der Waals surface area contributed by atoms with E-state index >= 15 is 0 Å². The van der Waals surface area contributed by atoms with Crippen LogP contribution in [-0.4, -0.2) is 31.6 Å². The molecule has 1 amide bonds. The van der Waals surface area contributed by atoms with Crippen LogP contribution in [0.3, 0.4) is 0 Å². The van der Waals surface area contributed by atoms with E-state index in [1.54, 1.807) is 37.3 Å². The average Bonchev–Trinajstić information content (AvgIpc) is 3.37. The van der Waals surface area contributed by atoms with Crippen LogP contribution in [0.4, 0.5) is 19.0 Å². The SMILES string of the molecule is Cc1cc(NC(=O)CSc2nnc(-c3cccc(Cl)c3)n2-c2ccccc2C(F)(F)F)no1. The molecule has 170 valence electrons. The lowest BCUT2D eigenvalue weighted by atomic mass is 10.1. The van der Waals surface area contributed by atoms with E-state index in [2.05, 4.69) is 20.7 Å². The van der Waals surface area contributed by atoms with Crippen molar-refractivity contribution in [2.75, 3.05) is 11.1 Å². The monoisotopic (exact) mass is 493 g/mol. The standard InChI is InChI=1S/C21H15ClF3N5O2S/c1-12-9-17(29-32-12)26-18(31)11-33-20-28-27-19(13-5-4-6-14(22)10-13)30(20)16-8-3-2-7-15(16)21(23,24)25/h2-10H,11H2,1H3,(H,26,29,31). The van der Waals surface area contributed by atoms with Crippen LogP contribution < -0.4 is 5.32 Å². The van der Waals surface area contributed by atoms with Gasteiger partial charge < -0.3 is 9.84 Å². The number of carbonyl (C=O) groups excluding carboxylic acids is 1. The van der Waals surface area contributed by atoms with E-state index < -0.39 is 17.6 Å². The minimum absolute atomic E-state index is 0.105. The fourth-order valence-corrected chi connectivity index (χ4v) is 3.97. The third-order valence-corrected chi connectivity index (χ3v) is 5.56. The zero-order valence-electron chi connectivity index (χ0n) is 16.9. The van der Waals surface area contributed by atoms with Crippen molar-refractivity contribution < 1.29 is 22.5 Å². The molecule has 0 saturated carbocycles. The van der Waals surface area contributed by atoms with Crippen molar-refractivity contribution in [1.82, 2.24) is 19.9 Å². The van der Waals surface area contributed by atoms with Crippen LogP contribution in [0.5, 0.6) is 0 Å². The minimum Gasteiger partial charge on any atom is -0.360 e. The highest BCUT2D eigenvalue weighted by Crippen LogP contribution is 2.37. The number of hydrogen-bond acceptors (Lipinski definition) is 6. The number of amides is 1. The average molecular weight is 494 g/mol. The molecule has 0 saturated heterocycles. The Morgan fingerprint density at radius 2 is 1.94 bits per heavy atom. The number of aryl methyl sites for hydroxylation is 1. The van der Waals surface area contributed by atoms with Gasteiger partial charge in [-0.2, -0.15) is 13.2 Å². The summed E-state index contributed by atoms with van der Waals surface area (Å²) in [4.78, 5) is 12.3. The molecular weight excluding hydrogens is 479 g/mol. The largest absolute Gasteiger partial charge is 0.418 e. The Kier molecular flexibility index (Phi) is 6.43. The Labute approximate surface area is 194 Å². The number of nitrogens with one attached hydrogen (secondary N) is 1. The highest BCUT2D eigenvalue weighted by molar-refractivity contribution is 7.99. The van der Waals surface area contributed by atoms with Crippen LogP contribution >= 0.6 is 23.4 Å². The number of hydrogen-bond donors (Lipinski definition) is 1. The van der Waals surface area contributed by atoms with E-state index in [0.717, 1.165) is 17.8 Å². The van der Waals surface area contributed by atoms with Crippen LogP contribution in [0.1, 0.15) is 11.3 Å². The molecule has 0 atom stereocenters. The first-order chi connectivity index (χ1) is 15.7. The van der Waals surface area contributed by atoms with Crippen LogP contribution in [0.25, 0.3) is 17.1 Å². The summed E-state index contributed by atoms with van der Waals surface area (Å²) < 4.78 is 47.5. The predicted octanol–water partition coefficient (Wildman–Crippen LogP) is 5.63. The molecule has 0 spiro atoms. The van der Waals surface area contributed by atoms with E-state index in [1.807, 2.05) is 0 Å². The van der Waals surface area contributed by atoms with E-state index in [-0.39, 0.29) is 28.2 Å². The first kappa shape index (κ1) is 22.9. The Bertz CT molecular complexity index is 1310. The van der Waals surface area contributed by atoms with Gasteiger partial charge in [-0.15, -0.1) is 10.2 Å². The van der Waals surface area contributed by atoms with Crippen LogP contribution in [0.15, 0.2) is 64.3 Å². The van der Waals surface area contributed by atoms with Crippen molar-refractivity contribution in [2.45, 2.75) is 18.3 Å². The van der Waals surface area contributed by atoms with Gasteiger partial charge in [-0.3, -0.25) is 9.36 Å². The number of anilines is 1. The van der Waals surface area contributed by atoms with Gasteiger partial charge in [0.15, 0.2) is 16.8 Å². The van der Waals surface area contributed by atoms with E-state index in [0.29, 0.717) is 16.3 Å². The molecule has 1 N–H and O–H groups in total. The van der Waals surface area contributed by atoms with Crippen molar-refractivity contribution in [3.05, 3.63) is 70.9 Å².